The SMILES string of the molecule is C[C@@H](N)c1ccc(N2CCOCC2)cc1/C=C/C1CC1.Cl. The van der Waals surface area contributed by atoms with Gasteiger partial charge in [0.1, 0.15) is 0 Å². The summed E-state index contributed by atoms with van der Waals surface area (Å²) in [6.07, 6.45) is 7.28. The monoisotopic (exact) mass is 308 g/mol. The molecule has 1 atom stereocenters. The molecule has 0 spiro atoms. The van der Waals surface area contributed by atoms with Gasteiger partial charge < -0.3 is 15.4 Å². The van der Waals surface area contributed by atoms with Crippen LogP contribution in [0.1, 0.15) is 36.9 Å². The van der Waals surface area contributed by atoms with E-state index >= 15 is 0 Å². The van der Waals surface area contributed by atoms with Crippen LogP contribution in [0.15, 0.2) is 24.3 Å². The van der Waals surface area contributed by atoms with Crippen molar-refractivity contribution in [3.63, 3.8) is 0 Å². The average Bonchev–Trinajstić information content (AvgIpc) is 3.30. The van der Waals surface area contributed by atoms with Crippen molar-refractivity contribution in [2.75, 3.05) is 31.2 Å². The first kappa shape index (κ1) is 16.3. The second-order valence-electron chi connectivity index (χ2n) is 5.90. The molecule has 0 amide bonds. The zero-order valence-electron chi connectivity index (χ0n) is 12.6. The van der Waals surface area contributed by atoms with Gasteiger partial charge in [0, 0.05) is 24.8 Å². The van der Waals surface area contributed by atoms with E-state index in [4.69, 9.17) is 10.5 Å². The number of halogens is 1. The van der Waals surface area contributed by atoms with Crippen LogP contribution in [0.3, 0.4) is 0 Å². The Morgan fingerprint density at radius 1 is 1.29 bits per heavy atom. The van der Waals surface area contributed by atoms with E-state index < -0.39 is 0 Å². The Morgan fingerprint density at radius 2 is 2.00 bits per heavy atom. The normalized spacial score (nSPS) is 20.4. The molecule has 1 saturated heterocycles. The van der Waals surface area contributed by atoms with Gasteiger partial charge in [-0.2, -0.15) is 0 Å². The molecule has 0 radical (unpaired) electrons. The van der Waals surface area contributed by atoms with Crippen molar-refractivity contribution in [1.82, 2.24) is 0 Å². The first-order chi connectivity index (χ1) is 9.74. The number of anilines is 1. The molecule has 1 aromatic carbocycles. The lowest BCUT2D eigenvalue weighted by molar-refractivity contribution is 0.122. The molecule has 0 aromatic heterocycles. The van der Waals surface area contributed by atoms with Gasteiger partial charge in [0.05, 0.1) is 13.2 Å². The van der Waals surface area contributed by atoms with Gasteiger partial charge in [0.15, 0.2) is 0 Å². The molecule has 1 aromatic rings. The summed E-state index contributed by atoms with van der Waals surface area (Å²) in [4.78, 5) is 2.39. The average molecular weight is 309 g/mol. The van der Waals surface area contributed by atoms with Gasteiger partial charge in [-0.3, -0.25) is 0 Å². The highest BCUT2D eigenvalue weighted by Gasteiger charge is 2.18. The minimum atomic E-state index is 0. The number of hydrogen-bond donors (Lipinski definition) is 1. The van der Waals surface area contributed by atoms with Gasteiger partial charge in [-0.25, -0.2) is 0 Å². The van der Waals surface area contributed by atoms with Gasteiger partial charge in [0.25, 0.3) is 0 Å². The molecule has 2 fully saturated rings. The Labute approximate surface area is 133 Å². The first-order valence-electron chi connectivity index (χ1n) is 7.64. The van der Waals surface area contributed by atoms with Crippen LogP contribution in [0.5, 0.6) is 0 Å². The van der Waals surface area contributed by atoms with Crippen molar-refractivity contribution in [3.05, 3.63) is 35.4 Å². The fourth-order valence-corrected chi connectivity index (χ4v) is 2.67. The highest BCUT2D eigenvalue weighted by atomic mass is 35.5. The molecule has 4 heteroatoms. The van der Waals surface area contributed by atoms with Crippen LogP contribution in [-0.2, 0) is 4.74 Å². The van der Waals surface area contributed by atoms with Crippen molar-refractivity contribution in [1.29, 1.82) is 0 Å². The van der Waals surface area contributed by atoms with E-state index in [-0.39, 0.29) is 18.4 Å². The van der Waals surface area contributed by atoms with E-state index in [0.717, 1.165) is 32.2 Å². The number of nitrogens with zero attached hydrogens (tertiary/aromatic N) is 1. The molecule has 3 nitrogen and oxygen atoms in total. The third-order valence-electron chi connectivity index (χ3n) is 4.11. The maximum absolute atomic E-state index is 6.10. The maximum atomic E-state index is 6.10. The third-order valence-corrected chi connectivity index (χ3v) is 4.11. The Kier molecular flexibility index (Phi) is 5.68. The van der Waals surface area contributed by atoms with E-state index in [0.29, 0.717) is 0 Å². The Bertz CT molecular complexity index is 492. The second-order valence-corrected chi connectivity index (χ2v) is 5.90. The van der Waals surface area contributed by atoms with E-state index in [1.807, 2.05) is 0 Å². The van der Waals surface area contributed by atoms with Crippen LogP contribution in [0.2, 0.25) is 0 Å². The molecule has 21 heavy (non-hydrogen) atoms. The number of rotatable bonds is 4. The fourth-order valence-electron chi connectivity index (χ4n) is 2.67. The van der Waals surface area contributed by atoms with Crippen molar-refractivity contribution in [2.24, 2.45) is 11.7 Å². The third kappa shape index (κ3) is 4.22. The number of nitrogens with two attached hydrogens (primary N) is 1. The van der Waals surface area contributed by atoms with Crippen molar-refractivity contribution >= 4 is 24.2 Å². The summed E-state index contributed by atoms with van der Waals surface area (Å²) >= 11 is 0. The molecule has 1 saturated carbocycles. The van der Waals surface area contributed by atoms with Crippen LogP contribution in [-0.4, -0.2) is 26.3 Å². The minimum Gasteiger partial charge on any atom is -0.378 e. The lowest BCUT2D eigenvalue weighted by atomic mass is 10.00. The van der Waals surface area contributed by atoms with Gasteiger partial charge in [-0.05, 0) is 48.9 Å². The molecule has 2 N–H and O–H groups in total. The predicted molar refractivity (Wildman–Crippen MR) is 91.1 cm³/mol. The maximum Gasteiger partial charge on any atom is 0.0642 e. The van der Waals surface area contributed by atoms with Gasteiger partial charge in [-0.15, -0.1) is 12.4 Å². The molecule has 1 heterocycles. The van der Waals surface area contributed by atoms with Crippen molar-refractivity contribution in [2.45, 2.75) is 25.8 Å². The molecule has 0 bridgehead atoms. The molecule has 1 aliphatic carbocycles. The zero-order valence-corrected chi connectivity index (χ0v) is 13.4. The van der Waals surface area contributed by atoms with E-state index in [1.165, 1.54) is 29.7 Å². The molecule has 116 valence electrons. The van der Waals surface area contributed by atoms with E-state index in [9.17, 15) is 0 Å². The standard InChI is InChI=1S/C17H24N2O.ClH/c1-13(18)17-7-6-16(19-8-10-20-11-9-19)12-15(17)5-4-14-2-3-14;/h4-7,12-14H,2-3,8-11,18H2,1H3;1H/b5-4+;/t13-;/m1./s1. The van der Waals surface area contributed by atoms with Gasteiger partial charge in [-0.1, -0.05) is 18.2 Å². The highest BCUT2D eigenvalue weighted by molar-refractivity contribution is 5.85. The lowest BCUT2D eigenvalue weighted by Gasteiger charge is -2.29. The number of ether oxygens (including phenoxy) is 1. The quantitative estimate of drug-likeness (QED) is 0.926. The van der Waals surface area contributed by atoms with Crippen LogP contribution in [0.4, 0.5) is 5.69 Å². The number of hydrogen-bond acceptors (Lipinski definition) is 3. The fraction of sp³-hybridized carbons (Fsp3) is 0.529. The second kappa shape index (κ2) is 7.30. The topological polar surface area (TPSA) is 38.5 Å². The van der Waals surface area contributed by atoms with Crippen molar-refractivity contribution < 1.29 is 4.74 Å². The summed E-state index contributed by atoms with van der Waals surface area (Å²) in [5.41, 5.74) is 9.89. The van der Waals surface area contributed by atoms with Crippen LogP contribution < -0.4 is 10.6 Å². The minimum absolute atomic E-state index is 0. The Morgan fingerprint density at radius 3 is 2.62 bits per heavy atom. The van der Waals surface area contributed by atoms with Crippen LogP contribution in [0, 0.1) is 5.92 Å². The molecule has 2 aliphatic rings. The van der Waals surface area contributed by atoms with Gasteiger partial charge >= 0.3 is 0 Å². The number of allylic oxidation sites excluding steroid dienone is 1. The zero-order chi connectivity index (χ0) is 13.9. The largest absolute Gasteiger partial charge is 0.378 e. The van der Waals surface area contributed by atoms with E-state index in [2.05, 4.69) is 42.2 Å². The first-order valence-corrected chi connectivity index (χ1v) is 7.64. The summed E-state index contributed by atoms with van der Waals surface area (Å²) in [6.45, 7) is 5.65. The van der Waals surface area contributed by atoms with Crippen LogP contribution in [0.25, 0.3) is 6.08 Å². The van der Waals surface area contributed by atoms with Crippen molar-refractivity contribution in [3.8, 4) is 0 Å². The summed E-state index contributed by atoms with van der Waals surface area (Å²) in [6, 6.07) is 6.73. The number of benzene rings is 1. The molecule has 1 aliphatic heterocycles. The summed E-state index contributed by atoms with van der Waals surface area (Å²) < 4.78 is 5.42. The summed E-state index contributed by atoms with van der Waals surface area (Å²) in [5, 5.41) is 0. The summed E-state index contributed by atoms with van der Waals surface area (Å²) in [5.74, 6) is 0.794. The molecule has 0 unspecified atom stereocenters. The summed E-state index contributed by atoms with van der Waals surface area (Å²) in [7, 11) is 0. The smallest absolute Gasteiger partial charge is 0.0642 e. The van der Waals surface area contributed by atoms with E-state index in [1.54, 1.807) is 0 Å². The Balaban J connectivity index is 0.00000161. The Hall–Kier alpha value is -1.03. The predicted octanol–water partition coefficient (Wildman–Crippen LogP) is 3.39. The molecular formula is C17H25ClN2O. The number of morpholine rings is 1. The molecular weight excluding hydrogens is 284 g/mol. The molecule has 3 rings (SSSR count). The van der Waals surface area contributed by atoms with Crippen LogP contribution >= 0.6 is 12.4 Å². The lowest BCUT2D eigenvalue weighted by Crippen LogP contribution is -2.36. The highest BCUT2D eigenvalue weighted by Crippen LogP contribution is 2.32. The van der Waals surface area contributed by atoms with Gasteiger partial charge in [0.2, 0.25) is 0 Å².